The van der Waals surface area contributed by atoms with Crippen LogP contribution in [0, 0.1) is 11.6 Å². The standard InChI is InChI=1S/C19H16F2N2O/c1-23(19(24)9-14-6-7-16(20)10-17(14)21)12-13-8-15-4-2-3-5-18(15)22-11-13/h2-8,10-11H,9,12H2,1H3. The molecule has 0 fully saturated rings. The molecule has 0 saturated carbocycles. The van der Waals surface area contributed by atoms with E-state index in [1.54, 1.807) is 13.2 Å². The van der Waals surface area contributed by atoms with Crippen molar-refractivity contribution in [2.24, 2.45) is 0 Å². The number of carbonyl (C=O) groups is 1. The number of hydrogen-bond donors (Lipinski definition) is 0. The van der Waals surface area contributed by atoms with Gasteiger partial charge in [-0.2, -0.15) is 0 Å². The van der Waals surface area contributed by atoms with E-state index in [9.17, 15) is 13.6 Å². The molecule has 0 unspecified atom stereocenters. The van der Waals surface area contributed by atoms with Gasteiger partial charge in [0.15, 0.2) is 0 Å². The summed E-state index contributed by atoms with van der Waals surface area (Å²) in [5, 5.41) is 1.00. The fourth-order valence-electron chi connectivity index (χ4n) is 2.53. The van der Waals surface area contributed by atoms with E-state index in [-0.39, 0.29) is 17.9 Å². The van der Waals surface area contributed by atoms with Gasteiger partial charge in [0, 0.05) is 31.2 Å². The van der Waals surface area contributed by atoms with Crippen molar-refractivity contribution in [1.29, 1.82) is 0 Å². The van der Waals surface area contributed by atoms with Gasteiger partial charge < -0.3 is 4.90 Å². The van der Waals surface area contributed by atoms with Crippen LogP contribution >= 0.6 is 0 Å². The Bertz CT molecular complexity index is 895. The Morgan fingerprint density at radius 3 is 2.71 bits per heavy atom. The number of halogens is 2. The maximum atomic E-state index is 13.7. The highest BCUT2D eigenvalue weighted by Gasteiger charge is 2.14. The summed E-state index contributed by atoms with van der Waals surface area (Å²) in [6.45, 7) is 0.374. The van der Waals surface area contributed by atoms with E-state index in [0.29, 0.717) is 6.54 Å². The summed E-state index contributed by atoms with van der Waals surface area (Å²) in [5.74, 6) is -1.60. The third-order valence-corrected chi connectivity index (χ3v) is 3.85. The minimum absolute atomic E-state index is 0.108. The zero-order chi connectivity index (χ0) is 17.1. The fraction of sp³-hybridized carbons (Fsp3) is 0.158. The summed E-state index contributed by atoms with van der Waals surface area (Å²) in [6.07, 6.45) is 1.62. The Balaban J connectivity index is 1.70. The number of likely N-dealkylation sites (N-methyl/N-ethyl adjacent to an activating group) is 1. The number of nitrogens with zero attached hydrogens (tertiary/aromatic N) is 2. The normalized spacial score (nSPS) is 10.8. The summed E-state index contributed by atoms with van der Waals surface area (Å²) in [5.41, 5.74) is 1.97. The Labute approximate surface area is 138 Å². The lowest BCUT2D eigenvalue weighted by Gasteiger charge is -2.17. The molecule has 3 nitrogen and oxygen atoms in total. The van der Waals surface area contributed by atoms with Crippen molar-refractivity contribution in [3.63, 3.8) is 0 Å². The van der Waals surface area contributed by atoms with Gasteiger partial charge in [0.25, 0.3) is 0 Å². The van der Waals surface area contributed by atoms with E-state index in [1.807, 2.05) is 30.3 Å². The number of benzene rings is 2. The monoisotopic (exact) mass is 326 g/mol. The number of fused-ring (bicyclic) bond motifs is 1. The summed E-state index contributed by atoms with van der Waals surface area (Å²) in [7, 11) is 1.65. The molecule has 0 aliphatic carbocycles. The van der Waals surface area contributed by atoms with Gasteiger partial charge in [-0.05, 0) is 29.3 Å². The molecule has 1 heterocycles. The molecule has 0 saturated heterocycles. The number of aromatic nitrogens is 1. The molecule has 3 aromatic rings. The molecule has 0 aliphatic heterocycles. The number of hydrogen-bond acceptors (Lipinski definition) is 2. The van der Waals surface area contributed by atoms with Crippen LogP contribution in [0.2, 0.25) is 0 Å². The van der Waals surface area contributed by atoms with Crippen molar-refractivity contribution in [2.75, 3.05) is 7.05 Å². The number of para-hydroxylation sites is 1. The summed E-state index contributed by atoms with van der Waals surface area (Å²) in [4.78, 5) is 18.1. The minimum atomic E-state index is -0.705. The summed E-state index contributed by atoms with van der Waals surface area (Å²) >= 11 is 0. The Hall–Kier alpha value is -2.82. The molecule has 0 aliphatic rings. The second-order valence-electron chi connectivity index (χ2n) is 5.70. The first kappa shape index (κ1) is 16.1. The zero-order valence-corrected chi connectivity index (χ0v) is 13.2. The van der Waals surface area contributed by atoms with E-state index >= 15 is 0 Å². The van der Waals surface area contributed by atoms with E-state index in [1.165, 1.54) is 11.0 Å². The number of pyridine rings is 1. The van der Waals surface area contributed by atoms with Gasteiger partial charge in [0.05, 0.1) is 11.9 Å². The van der Waals surface area contributed by atoms with Crippen LogP contribution in [0.25, 0.3) is 10.9 Å². The number of amides is 1. The minimum Gasteiger partial charge on any atom is -0.341 e. The van der Waals surface area contributed by atoms with Gasteiger partial charge in [-0.1, -0.05) is 24.3 Å². The van der Waals surface area contributed by atoms with Gasteiger partial charge in [-0.15, -0.1) is 0 Å². The Kier molecular flexibility index (Phi) is 4.51. The van der Waals surface area contributed by atoms with Gasteiger partial charge in [0.1, 0.15) is 11.6 Å². The predicted molar refractivity (Wildman–Crippen MR) is 88.3 cm³/mol. The average Bonchev–Trinajstić information content (AvgIpc) is 2.57. The number of carbonyl (C=O) groups excluding carboxylic acids is 1. The van der Waals surface area contributed by atoms with Crippen molar-refractivity contribution in [2.45, 2.75) is 13.0 Å². The average molecular weight is 326 g/mol. The highest BCUT2D eigenvalue weighted by atomic mass is 19.1. The van der Waals surface area contributed by atoms with Crippen LogP contribution in [0.15, 0.2) is 54.7 Å². The lowest BCUT2D eigenvalue weighted by atomic mass is 10.1. The van der Waals surface area contributed by atoms with Crippen LogP contribution < -0.4 is 0 Å². The van der Waals surface area contributed by atoms with Crippen molar-refractivity contribution in [3.8, 4) is 0 Å². The lowest BCUT2D eigenvalue weighted by Crippen LogP contribution is -2.28. The molecule has 0 bridgehead atoms. The van der Waals surface area contributed by atoms with E-state index in [2.05, 4.69) is 4.98 Å². The zero-order valence-electron chi connectivity index (χ0n) is 13.2. The van der Waals surface area contributed by atoms with Gasteiger partial charge >= 0.3 is 0 Å². The second-order valence-corrected chi connectivity index (χ2v) is 5.70. The largest absolute Gasteiger partial charge is 0.341 e. The van der Waals surface area contributed by atoms with Crippen LogP contribution in [0.1, 0.15) is 11.1 Å². The van der Waals surface area contributed by atoms with Gasteiger partial charge in [-0.25, -0.2) is 8.78 Å². The van der Waals surface area contributed by atoms with E-state index < -0.39 is 11.6 Å². The molecule has 0 N–H and O–H groups in total. The van der Waals surface area contributed by atoms with Crippen LogP contribution in [-0.4, -0.2) is 22.8 Å². The van der Waals surface area contributed by atoms with Gasteiger partial charge in [-0.3, -0.25) is 9.78 Å². The highest BCUT2D eigenvalue weighted by molar-refractivity contribution is 5.80. The maximum absolute atomic E-state index is 13.7. The topological polar surface area (TPSA) is 33.2 Å². The Morgan fingerprint density at radius 1 is 1.12 bits per heavy atom. The maximum Gasteiger partial charge on any atom is 0.227 e. The van der Waals surface area contributed by atoms with Crippen molar-refractivity contribution in [1.82, 2.24) is 9.88 Å². The van der Waals surface area contributed by atoms with Crippen molar-refractivity contribution >= 4 is 16.8 Å². The summed E-state index contributed by atoms with van der Waals surface area (Å²) < 4.78 is 26.6. The molecule has 24 heavy (non-hydrogen) atoms. The SMILES string of the molecule is CN(Cc1cnc2ccccc2c1)C(=O)Cc1ccc(F)cc1F. The predicted octanol–water partition coefficient (Wildman–Crippen LogP) is 3.71. The smallest absolute Gasteiger partial charge is 0.227 e. The fourth-order valence-corrected chi connectivity index (χ4v) is 2.53. The lowest BCUT2D eigenvalue weighted by molar-refractivity contribution is -0.129. The van der Waals surface area contributed by atoms with Crippen LogP contribution in [0.3, 0.4) is 0 Å². The van der Waals surface area contributed by atoms with Crippen molar-refractivity contribution in [3.05, 3.63) is 77.5 Å². The molecule has 3 rings (SSSR count). The first-order chi connectivity index (χ1) is 11.5. The third kappa shape index (κ3) is 3.56. The van der Waals surface area contributed by atoms with E-state index in [4.69, 9.17) is 0 Å². The molecule has 0 radical (unpaired) electrons. The molecule has 0 atom stereocenters. The third-order valence-electron chi connectivity index (χ3n) is 3.85. The molecular weight excluding hydrogens is 310 g/mol. The van der Waals surface area contributed by atoms with Crippen molar-refractivity contribution < 1.29 is 13.6 Å². The molecular formula is C19H16F2N2O. The van der Waals surface area contributed by atoms with Crippen LogP contribution in [-0.2, 0) is 17.8 Å². The van der Waals surface area contributed by atoms with E-state index in [0.717, 1.165) is 28.6 Å². The molecule has 0 spiro atoms. The quantitative estimate of drug-likeness (QED) is 0.732. The molecule has 1 amide bonds. The molecule has 122 valence electrons. The highest BCUT2D eigenvalue weighted by Crippen LogP contribution is 2.15. The Morgan fingerprint density at radius 2 is 1.92 bits per heavy atom. The molecule has 2 aromatic carbocycles. The summed E-state index contributed by atoms with van der Waals surface area (Å²) in [6, 6.07) is 12.9. The van der Waals surface area contributed by atoms with Gasteiger partial charge in [0.2, 0.25) is 5.91 Å². The molecule has 1 aromatic heterocycles. The first-order valence-electron chi connectivity index (χ1n) is 7.54. The van der Waals surface area contributed by atoms with Crippen LogP contribution in [0.4, 0.5) is 8.78 Å². The second kappa shape index (κ2) is 6.74. The number of rotatable bonds is 4. The first-order valence-corrected chi connectivity index (χ1v) is 7.54. The molecule has 5 heteroatoms. The van der Waals surface area contributed by atoms with Crippen LogP contribution in [0.5, 0.6) is 0 Å².